The minimum absolute atomic E-state index is 0.162. The Labute approximate surface area is 98.5 Å². The predicted molar refractivity (Wildman–Crippen MR) is 63.2 cm³/mol. The predicted octanol–water partition coefficient (Wildman–Crippen LogP) is 0.290. The monoisotopic (exact) mass is 231 g/mol. The van der Waals surface area contributed by atoms with Gasteiger partial charge in [0.25, 0.3) is 5.91 Å². The number of amides is 1. The van der Waals surface area contributed by atoms with Crippen molar-refractivity contribution in [2.75, 3.05) is 12.3 Å². The highest BCUT2D eigenvalue weighted by Crippen LogP contribution is 2.00. The summed E-state index contributed by atoms with van der Waals surface area (Å²) in [6, 6.07) is 5.08. The summed E-state index contributed by atoms with van der Waals surface area (Å²) in [5.74, 6) is 0.239. The van der Waals surface area contributed by atoms with Crippen LogP contribution in [-0.4, -0.2) is 27.2 Å². The molecule has 0 aliphatic carbocycles. The molecular weight excluding hydrogens is 218 g/mol. The molecule has 88 valence electrons. The number of nitrogens with two attached hydrogens (primary N) is 1. The van der Waals surface area contributed by atoms with E-state index in [1.165, 1.54) is 6.20 Å². The number of rotatable bonds is 4. The van der Waals surface area contributed by atoms with E-state index in [-0.39, 0.29) is 5.91 Å². The summed E-state index contributed by atoms with van der Waals surface area (Å²) in [6.45, 7) is 1.16. The maximum atomic E-state index is 11.7. The van der Waals surface area contributed by atoms with Gasteiger partial charge in [-0.3, -0.25) is 9.48 Å². The summed E-state index contributed by atoms with van der Waals surface area (Å²) >= 11 is 0. The summed E-state index contributed by atoms with van der Waals surface area (Å²) < 4.78 is 1.75. The number of carbonyl (C=O) groups excluding carboxylic acids is 1. The van der Waals surface area contributed by atoms with Gasteiger partial charge >= 0.3 is 0 Å². The smallest absolute Gasteiger partial charge is 0.252 e. The summed E-state index contributed by atoms with van der Waals surface area (Å²) in [5, 5.41) is 6.81. The van der Waals surface area contributed by atoms with Crippen molar-refractivity contribution in [1.29, 1.82) is 0 Å². The van der Waals surface area contributed by atoms with Gasteiger partial charge in [0.15, 0.2) is 0 Å². The zero-order valence-corrected chi connectivity index (χ0v) is 9.21. The maximum Gasteiger partial charge on any atom is 0.252 e. The molecule has 0 radical (unpaired) electrons. The van der Waals surface area contributed by atoms with Crippen LogP contribution in [0.5, 0.6) is 0 Å². The van der Waals surface area contributed by atoms with Gasteiger partial charge < -0.3 is 11.1 Å². The average molecular weight is 231 g/mol. The second-order valence-electron chi connectivity index (χ2n) is 3.50. The van der Waals surface area contributed by atoms with E-state index in [9.17, 15) is 4.79 Å². The third kappa shape index (κ3) is 3.04. The SMILES string of the molecule is Nc1ccc(C(=O)NCCn2cccn2)cn1. The van der Waals surface area contributed by atoms with Crippen LogP contribution >= 0.6 is 0 Å². The highest BCUT2D eigenvalue weighted by molar-refractivity contribution is 5.93. The number of carbonyl (C=O) groups is 1. The first-order valence-corrected chi connectivity index (χ1v) is 5.23. The van der Waals surface area contributed by atoms with Crippen LogP contribution in [-0.2, 0) is 6.54 Å². The van der Waals surface area contributed by atoms with Crippen molar-refractivity contribution in [2.24, 2.45) is 0 Å². The summed E-state index contributed by atoms with van der Waals surface area (Å²) in [4.78, 5) is 15.5. The van der Waals surface area contributed by atoms with E-state index in [1.807, 2.05) is 12.3 Å². The Kier molecular flexibility index (Phi) is 3.34. The molecule has 0 unspecified atom stereocenters. The molecular formula is C11H13N5O. The van der Waals surface area contributed by atoms with E-state index in [0.717, 1.165) is 0 Å². The molecule has 2 aromatic rings. The van der Waals surface area contributed by atoms with Crippen molar-refractivity contribution in [2.45, 2.75) is 6.54 Å². The molecule has 0 aliphatic rings. The van der Waals surface area contributed by atoms with Gasteiger partial charge in [-0.15, -0.1) is 0 Å². The highest BCUT2D eigenvalue weighted by atomic mass is 16.1. The lowest BCUT2D eigenvalue weighted by Gasteiger charge is -2.05. The second-order valence-corrected chi connectivity index (χ2v) is 3.50. The number of hydrogen-bond acceptors (Lipinski definition) is 4. The number of anilines is 1. The van der Waals surface area contributed by atoms with Crippen molar-refractivity contribution in [3.63, 3.8) is 0 Å². The van der Waals surface area contributed by atoms with Crippen LogP contribution in [0, 0.1) is 0 Å². The molecule has 2 heterocycles. The van der Waals surface area contributed by atoms with Crippen molar-refractivity contribution >= 4 is 11.7 Å². The molecule has 6 heteroatoms. The van der Waals surface area contributed by atoms with Gasteiger partial charge in [0.1, 0.15) is 5.82 Å². The quantitative estimate of drug-likeness (QED) is 0.792. The van der Waals surface area contributed by atoms with E-state index in [1.54, 1.807) is 23.0 Å². The molecule has 0 spiro atoms. The first-order chi connectivity index (χ1) is 8.25. The van der Waals surface area contributed by atoms with Gasteiger partial charge in [-0.2, -0.15) is 5.10 Å². The molecule has 17 heavy (non-hydrogen) atoms. The molecule has 0 bridgehead atoms. The molecule has 0 aliphatic heterocycles. The van der Waals surface area contributed by atoms with E-state index in [4.69, 9.17) is 5.73 Å². The molecule has 0 fully saturated rings. The maximum absolute atomic E-state index is 11.7. The van der Waals surface area contributed by atoms with E-state index in [2.05, 4.69) is 15.4 Å². The normalized spacial score (nSPS) is 10.1. The Hall–Kier alpha value is -2.37. The highest BCUT2D eigenvalue weighted by Gasteiger charge is 2.04. The summed E-state index contributed by atoms with van der Waals surface area (Å²) in [5.41, 5.74) is 5.94. The van der Waals surface area contributed by atoms with Crippen molar-refractivity contribution in [3.05, 3.63) is 42.4 Å². The van der Waals surface area contributed by atoms with Crippen LogP contribution in [0.4, 0.5) is 5.82 Å². The molecule has 1 amide bonds. The Morgan fingerprint density at radius 3 is 3.00 bits per heavy atom. The van der Waals surface area contributed by atoms with Crippen molar-refractivity contribution in [1.82, 2.24) is 20.1 Å². The lowest BCUT2D eigenvalue weighted by atomic mass is 10.2. The number of aromatic nitrogens is 3. The number of hydrogen-bond donors (Lipinski definition) is 2. The number of nitrogens with zero attached hydrogens (tertiary/aromatic N) is 3. The molecule has 3 N–H and O–H groups in total. The summed E-state index contributed by atoms with van der Waals surface area (Å²) in [7, 11) is 0. The van der Waals surface area contributed by atoms with Crippen LogP contribution in [0.3, 0.4) is 0 Å². The Morgan fingerprint density at radius 2 is 2.35 bits per heavy atom. The molecule has 0 saturated carbocycles. The van der Waals surface area contributed by atoms with Crippen molar-refractivity contribution in [3.8, 4) is 0 Å². The van der Waals surface area contributed by atoms with Gasteiger partial charge in [-0.05, 0) is 18.2 Å². The number of nitrogens with one attached hydrogen (secondary N) is 1. The number of pyridine rings is 1. The largest absolute Gasteiger partial charge is 0.384 e. The van der Waals surface area contributed by atoms with Crippen LogP contribution in [0.2, 0.25) is 0 Å². The summed E-state index contributed by atoms with van der Waals surface area (Å²) in [6.07, 6.45) is 5.00. The average Bonchev–Trinajstić information content (AvgIpc) is 2.83. The van der Waals surface area contributed by atoms with Crippen LogP contribution < -0.4 is 11.1 Å². The fourth-order valence-electron chi connectivity index (χ4n) is 1.36. The first kappa shape index (κ1) is 11.1. The standard InChI is InChI=1S/C11H13N5O/c12-10-3-2-9(8-14-10)11(17)13-5-7-16-6-1-4-15-16/h1-4,6,8H,5,7H2,(H2,12,14)(H,13,17). The lowest BCUT2D eigenvalue weighted by molar-refractivity contribution is 0.0951. The van der Waals surface area contributed by atoms with Gasteiger partial charge in [0.2, 0.25) is 0 Å². The fraction of sp³-hybridized carbons (Fsp3) is 0.182. The topological polar surface area (TPSA) is 85.8 Å². The molecule has 0 aromatic carbocycles. The molecule has 2 rings (SSSR count). The third-order valence-electron chi connectivity index (χ3n) is 2.23. The van der Waals surface area contributed by atoms with Crippen LogP contribution in [0.1, 0.15) is 10.4 Å². The minimum atomic E-state index is -0.162. The molecule has 0 atom stereocenters. The molecule has 6 nitrogen and oxygen atoms in total. The second kappa shape index (κ2) is 5.11. The van der Waals surface area contributed by atoms with Gasteiger partial charge in [0, 0.05) is 25.1 Å². The van der Waals surface area contributed by atoms with E-state index >= 15 is 0 Å². The fourth-order valence-corrected chi connectivity index (χ4v) is 1.36. The Bertz CT molecular complexity index is 477. The lowest BCUT2D eigenvalue weighted by Crippen LogP contribution is -2.27. The third-order valence-corrected chi connectivity index (χ3v) is 2.23. The molecule has 2 aromatic heterocycles. The minimum Gasteiger partial charge on any atom is -0.384 e. The van der Waals surface area contributed by atoms with Crippen LogP contribution in [0.15, 0.2) is 36.8 Å². The van der Waals surface area contributed by atoms with Gasteiger partial charge in [0.05, 0.1) is 12.1 Å². The van der Waals surface area contributed by atoms with Crippen molar-refractivity contribution < 1.29 is 4.79 Å². The van der Waals surface area contributed by atoms with Gasteiger partial charge in [-0.25, -0.2) is 4.98 Å². The Balaban J connectivity index is 1.83. The number of nitrogen functional groups attached to an aromatic ring is 1. The van der Waals surface area contributed by atoms with E-state index < -0.39 is 0 Å². The zero-order valence-electron chi connectivity index (χ0n) is 9.21. The van der Waals surface area contributed by atoms with Crippen LogP contribution in [0.25, 0.3) is 0 Å². The first-order valence-electron chi connectivity index (χ1n) is 5.23. The zero-order chi connectivity index (χ0) is 12.1. The van der Waals surface area contributed by atoms with Gasteiger partial charge in [-0.1, -0.05) is 0 Å². The Morgan fingerprint density at radius 1 is 1.47 bits per heavy atom. The van der Waals surface area contributed by atoms with E-state index in [0.29, 0.717) is 24.5 Å². The molecule has 0 saturated heterocycles.